The minimum atomic E-state index is -0.922. The molecule has 0 aliphatic heterocycles. The molecule has 21 heavy (non-hydrogen) atoms. The van der Waals surface area contributed by atoms with E-state index in [9.17, 15) is 13.2 Å². The molecule has 0 saturated carbocycles. The highest BCUT2D eigenvalue weighted by Gasteiger charge is 2.27. The number of nitrogens with one attached hydrogen (secondary N) is 1. The van der Waals surface area contributed by atoms with Gasteiger partial charge in [0.05, 0.1) is 0 Å². The van der Waals surface area contributed by atoms with E-state index in [1.165, 1.54) is 0 Å². The predicted molar refractivity (Wildman–Crippen MR) is 75.4 cm³/mol. The summed E-state index contributed by atoms with van der Waals surface area (Å²) in [6, 6.07) is 6.18. The van der Waals surface area contributed by atoms with Crippen LogP contribution >= 0.6 is 0 Å². The first-order chi connectivity index (χ1) is 10.0. The molecule has 0 aliphatic rings. The molecule has 1 aromatic heterocycles. The fourth-order valence-electron chi connectivity index (χ4n) is 2.42. The van der Waals surface area contributed by atoms with Crippen molar-refractivity contribution in [2.75, 3.05) is 6.54 Å². The zero-order valence-corrected chi connectivity index (χ0v) is 11.9. The van der Waals surface area contributed by atoms with E-state index < -0.39 is 23.5 Å². The Labute approximate surface area is 122 Å². The Kier molecular flexibility index (Phi) is 4.96. The van der Waals surface area contributed by atoms with E-state index >= 15 is 0 Å². The number of pyridine rings is 1. The topological polar surface area (TPSA) is 24.9 Å². The third-order valence-corrected chi connectivity index (χ3v) is 3.43. The number of nitrogens with zero attached hydrogens (tertiary/aromatic N) is 1. The molecule has 0 bridgehead atoms. The zero-order chi connectivity index (χ0) is 15.4. The zero-order valence-electron chi connectivity index (χ0n) is 11.9. The lowest BCUT2D eigenvalue weighted by Gasteiger charge is -2.25. The molecule has 0 fully saturated rings. The first kappa shape index (κ1) is 15.5. The summed E-state index contributed by atoms with van der Waals surface area (Å²) >= 11 is 0. The van der Waals surface area contributed by atoms with E-state index in [-0.39, 0.29) is 11.5 Å². The van der Waals surface area contributed by atoms with Crippen molar-refractivity contribution < 1.29 is 13.2 Å². The van der Waals surface area contributed by atoms with Crippen molar-refractivity contribution in [3.8, 4) is 0 Å². The van der Waals surface area contributed by atoms with Gasteiger partial charge in [-0.25, -0.2) is 13.2 Å². The van der Waals surface area contributed by atoms with Crippen LogP contribution in [-0.4, -0.2) is 11.5 Å². The van der Waals surface area contributed by atoms with Crippen molar-refractivity contribution in [1.82, 2.24) is 10.3 Å². The maximum absolute atomic E-state index is 14.0. The highest BCUT2D eigenvalue weighted by atomic mass is 19.1. The lowest BCUT2D eigenvalue weighted by Crippen LogP contribution is -2.28. The largest absolute Gasteiger partial charge is 0.309 e. The average molecular weight is 294 g/mol. The summed E-state index contributed by atoms with van der Waals surface area (Å²) in [4.78, 5) is 4.23. The van der Waals surface area contributed by atoms with E-state index in [1.54, 1.807) is 18.3 Å². The number of rotatable bonds is 5. The molecule has 112 valence electrons. The van der Waals surface area contributed by atoms with Gasteiger partial charge >= 0.3 is 0 Å². The third-order valence-electron chi connectivity index (χ3n) is 3.43. The average Bonchev–Trinajstić information content (AvgIpc) is 2.45. The monoisotopic (exact) mass is 294 g/mol. The normalized spacial score (nSPS) is 14.0. The number of hydrogen-bond acceptors (Lipinski definition) is 2. The van der Waals surface area contributed by atoms with E-state index in [4.69, 9.17) is 0 Å². The van der Waals surface area contributed by atoms with Crippen LogP contribution in [0.15, 0.2) is 36.5 Å². The van der Waals surface area contributed by atoms with Crippen molar-refractivity contribution >= 4 is 0 Å². The number of benzene rings is 1. The minimum Gasteiger partial charge on any atom is -0.309 e. The van der Waals surface area contributed by atoms with Gasteiger partial charge < -0.3 is 5.32 Å². The molecular weight excluding hydrogens is 277 g/mol. The molecule has 1 N–H and O–H groups in total. The van der Waals surface area contributed by atoms with Crippen molar-refractivity contribution in [2.45, 2.75) is 25.8 Å². The van der Waals surface area contributed by atoms with E-state index in [2.05, 4.69) is 10.3 Å². The molecule has 5 heteroatoms. The number of aromatic nitrogens is 1. The predicted octanol–water partition coefficient (Wildman–Crippen LogP) is 3.95. The van der Waals surface area contributed by atoms with Gasteiger partial charge in [0.25, 0.3) is 0 Å². The first-order valence-corrected chi connectivity index (χ1v) is 6.83. The van der Waals surface area contributed by atoms with Gasteiger partial charge in [-0.05, 0) is 18.7 Å². The van der Waals surface area contributed by atoms with Gasteiger partial charge in [0.15, 0.2) is 0 Å². The SMILES string of the molecule is CCNC(c1c(F)cc(F)cc1F)C(C)c1ccccn1. The van der Waals surface area contributed by atoms with Gasteiger partial charge in [-0.3, -0.25) is 4.98 Å². The second kappa shape index (κ2) is 6.72. The summed E-state index contributed by atoms with van der Waals surface area (Å²) in [6.07, 6.45) is 1.63. The third kappa shape index (κ3) is 3.42. The summed E-state index contributed by atoms with van der Waals surface area (Å²) in [7, 11) is 0. The Balaban J connectivity index is 2.44. The van der Waals surface area contributed by atoms with Crippen molar-refractivity contribution in [1.29, 1.82) is 0 Å². The van der Waals surface area contributed by atoms with Crippen LogP contribution in [-0.2, 0) is 0 Å². The van der Waals surface area contributed by atoms with Crippen LogP contribution in [0.2, 0.25) is 0 Å². The standard InChI is InChI=1S/C16H17F3N2/c1-3-20-16(10(2)14-6-4-5-7-21-14)15-12(18)8-11(17)9-13(15)19/h4-10,16,20H,3H2,1-2H3. The molecule has 1 heterocycles. The Morgan fingerprint density at radius 2 is 1.81 bits per heavy atom. The molecular formula is C16H17F3N2. The summed E-state index contributed by atoms with van der Waals surface area (Å²) in [6.45, 7) is 4.20. The van der Waals surface area contributed by atoms with E-state index in [1.807, 2.05) is 19.9 Å². The Hall–Kier alpha value is -1.88. The van der Waals surface area contributed by atoms with Gasteiger partial charge in [0, 0.05) is 41.5 Å². The molecule has 2 rings (SSSR count). The maximum Gasteiger partial charge on any atom is 0.133 e. The van der Waals surface area contributed by atoms with Crippen LogP contribution in [0.4, 0.5) is 13.2 Å². The van der Waals surface area contributed by atoms with Crippen LogP contribution < -0.4 is 5.32 Å². The molecule has 1 aromatic carbocycles. The van der Waals surface area contributed by atoms with Crippen molar-refractivity contribution in [3.05, 3.63) is 65.2 Å². The van der Waals surface area contributed by atoms with Gasteiger partial charge in [-0.15, -0.1) is 0 Å². The molecule has 0 amide bonds. The molecule has 0 aliphatic carbocycles. The van der Waals surface area contributed by atoms with Crippen molar-refractivity contribution in [3.63, 3.8) is 0 Å². The fourth-order valence-corrected chi connectivity index (χ4v) is 2.42. The second-order valence-corrected chi connectivity index (χ2v) is 4.86. The lowest BCUT2D eigenvalue weighted by molar-refractivity contribution is 0.420. The van der Waals surface area contributed by atoms with Crippen LogP contribution in [0.1, 0.15) is 37.1 Å². The Bertz CT molecular complexity index is 579. The summed E-state index contributed by atoms with van der Waals surface area (Å²) in [5.41, 5.74) is 0.558. The molecule has 0 saturated heterocycles. The summed E-state index contributed by atoms with van der Waals surface area (Å²) < 4.78 is 41.1. The summed E-state index contributed by atoms with van der Waals surface area (Å²) in [5.74, 6) is -2.96. The molecule has 2 unspecified atom stereocenters. The molecule has 2 nitrogen and oxygen atoms in total. The number of halogens is 3. The second-order valence-electron chi connectivity index (χ2n) is 4.86. The molecule has 2 aromatic rings. The minimum absolute atomic E-state index is 0.156. The van der Waals surface area contributed by atoms with Gasteiger partial charge in [-0.1, -0.05) is 19.9 Å². The Morgan fingerprint density at radius 1 is 1.14 bits per heavy atom. The quantitative estimate of drug-likeness (QED) is 0.903. The van der Waals surface area contributed by atoms with Gasteiger partial charge in [-0.2, -0.15) is 0 Å². The molecule has 0 radical (unpaired) electrons. The number of hydrogen-bond donors (Lipinski definition) is 1. The smallest absolute Gasteiger partial charge is 0.133 e. The Morgan fingerprint density at radius 3 is 2.33 bits per heavy atom. The first-order valence-electron chi connectivity index (χ1n) is 6.83. The molecule has 0 spiro atoms. The van der Waals surface area contributed by atoms with Crippen LogP contribution in [0.25, 0.3) is 0 Å². The van der Waals surface area contributed by atoms with Crippen LogP contribution in [0.5, 0.6) is 0 Å². The van der Waals surface area contributed by atoms with E-state index in [0.29, 0.717) is 24.4 Å². The van der Waals surface area contributed by atoms with E-state index in [0.717, 1.165) is 0 Å². The lowest BCUT2D eigenvalue weighted by atomic mass is 9.90. The maximum atomic E-state index is 14.0. The molecule has 2 atom stereocenters. The van der Waals surface area contributed by atoms with Crippen LogP contribution in [0, 0.1) is 17.5 Å². The fraction of sp³-hybridized carbons (Fsp3) is 0.312. The van der Waals surface area contributed by atoms with Gasteiger partial charge in [0.2, 0.25) is 0 Å². The van der Waals surface area contributed by atoms with Gasteiger partial charge in [0.1, 0.15) is 17.5 Å². The summed E-state index contributed by atoms with van der Waals surface area (Å²) in [5, 5.41) is 3.06. The highest BCUT2D eigenvalue weighted by molar-refractivity contribution is 5.28. The van der Waals surface area contributed by atoms with Crippen LogP contribution in [0.3, 0.4) is 0 Å². The number of likely N-dealkylation sites (N-methyl/N-ethyl adjacent to an activating group) is 1. The highest BCUT2D eigenvalue weighted by Crippen LogP contribution is 2.33. The van der Waals surface area contributed by atoms with Crippen molar-refractivity contribution in [2.24, 2.45) is 0 Å².